The second-order valence-corrected chi connectivity index (χ2v) is 6.00. The van der Waals surface area contributed by atoms with Gasteiger partial charge in [-0.2, -0.15) is 0 Å². The van der Waals surface area contributed by atoms with Crippen LogP contribution in [-0.4, -0.2) is 20.7 Å². The number of halogens is 1. The van der Waals surface area contributed by atoms with Crippen molar-refractivity contribution < 1.29 is 4.79 Å². The van der Waals surface area contributed by atoms with Crippen molar-refractivity contribution in [3.05, 3.63) is 69.8 Å². The molecule has 0 saturated heterocycles. The van der Waals surface area contributed by atoms with E-state index in [0.29, 0.717) is 5.56 Å². The Balaban J connectivity index is 1.82. The lowest BCUT2D eigenvalue weighted by Gasteiger charge is -2.08. The number of rotatable bonds is 3. The number of anilines is 1. The number of hydrogen-bond donors (Lipinski definition) is 1. The van der Waals surface area contributed by atoms with Crippen molar-refractivity contribution in [2.24, 2.45) is 0 Å². The van der Waals surface area contributed by atoms with Gasteiger partial charge in [-0.1, -0.05) is 12.1 Å². The third-order valence-corrected chi connectivity index (χ3v) is 4.42. The Morgan fingerprint density at radius 1 is 1.14 bits per heavy atom. The summed E-state index contributed by atoms with van der Waals surface area (Å²) in [5, 5.41) is 10.5. The first kappa shape index (κ1) is 14.7. The SMILES string of the molecule is Cc1ccc(C(=O)Nc2cccc(-n3cnnc3)c2)cc1I. The largest absolute Gasteiger partial charge is 0.322 e. The predicted molar refractivity (Wildman–Crippen MR) is 93.2 cm³/mol. The van der Waals surface area contributed by atoms with Gasteiger partial charge in [0.15, 0.2) is 0 Å². The summed E-state index contributed by atoms with van der Waals surface area (Å²) in [6, 6.07) is 13.2. The number of aromatic nitrogens is 3. The molecule has 110 valence electrons. The lowest BCUT2D eigenvalue weighted by atomic mass is 10.1. The number of carbonyl (C=O) groups is 1. The summed E-state index contributed by atoms with van der Waals surface area (Å²) in [6.45, 7) is 2.02. The van der Waals surface area contributed by atoms with E-state index in [-0.39, 0.29) is 5.91 Å². The molecule has 1 amide bonds. The molecule has 2 aromatic carbocycles. The van der Waals surface area contributed by atoms with Gasteiger partial charge in [-0.25, -0.2) is 0 Å². The topological polar surface area (TPSA) is 59.8 Å². The lowest BCUT2D eigenvalue weighted by Crippen LogP contribution is -2.12. The zero-order valence-corrected chi connectivity index (χ0v) is 14.0. The van der Waals surface area contributed by atoms with Crippen LogP contribution in [0.3, 0.4) is 0 Å². The summed E-state index contributed by atoms with van der Waals surface area (Å²) in [4.78, 5) is 12.3. The van der Waals surface area contributed by atoms with Crippen LogP contribution in [0.2, 0.25) is 0 Å². The van der Waals surface area contributed by atoms with Gasteiger partial charge in [0, 0.05) is 14.8 Å². The van der Waals surface area contributed by atoms with Gasteiger partial charge in [0.25, 0.3) is 5.91 Å². The van der Waals surface area contributed by atoms with E-state index in [2.05, 4.69) is 38.1 Å². The molecule has 1 aromatic heterocycles. The van der Waals surface area contributed by atoms with Gasteiger partial charge in [-0.3, -0.25) is 9.36 Å². The summed E-state index contributed by atoms with van der Waals surface area (Å²) in [5.41, 5.74) is 3.42. The van der Waals surface area contributed by atoms with Crippen LogP contribution in [-0.2, 0) is 0 Å². The minimum atomic E-state index is -0.126. The summed E-state index contributed by atoms with van der Waals surface area (Å²) in [5.74, 6) is -0.126. The Labute approximate surface area is 141 Å². The van der Waals surface area contributed by atoms with Crippen molar-refractivity contribution in [1.82, 2.24) is 14.8 Å². The van der Waals surface area contributed by atoms with E-state index in [1.165, 1.54) is 0 Å². The van der Waals surface area contributed by atoms with Crippen molar-refractivity contribution >= 4 is 34.2 Å². The molecule has 0 aliphatic heterocycles. The van der Waals surface area contributed by atoms with Crippen LogP contribution >= 0.6 is 22.6 Å². The first-order valence-electron chi connectivity index (χ1n) is 6.66. The molecule has 3 rings (SSSR count). The monoisotopic (exact) mass is 404 g/mol. The highest BCUT2D eigenvalue weighted by Gasteiger charge is 2.08. The van der Waals surface area contributed by atoms with Gasteiger partial charge < -0.3 is 5.32 Å². The fourth-order valence-corrected chi connectivity index (χ4v) is 2.53. The van der Waals surface area contributed by atoms with Crippen molar-refractivity contribution in [2.75, 3.05) is 5.32 Å². The number of nitrogens with one attached hydrogen (secondary N) is 1. The Kier molecular flexibility index (Phi) is 4.19. The van der Waals surface area contributed by atoms with E-state index in [4.69, 9.17) is 0 Å². The van der Waals surface area contributed by atoms with E-state index in [9.17, 15) is 4.79 Å². The molecule has 0 aliphatic rings. The van der Waals surface area contributed by atoms with Gasteiger partial charge in [0.1, 0.15) is 12.7 Å². The number of amides is 1. The van der Waals surface area contributed by atoms with E-state index < -0.39 is 0 Å². The van der Waals surface area contributed by atoms with E-state index in [1.54, 1.807) is 17.2 Å². The molecular weight excluding hydrogens is 391 g/mol. The zero-order valence-electron chi connectivity index (χ0n) is 11.8. The van der Waals surface area contributed by atoms with Crippen LogP contribution in [0.1, 0.15) is 15.9 Å². The molecule has 0 fully saturated rings. The van der Waals surface area contributed by atoms with Gasteiger partial charge >= 0.3 is 0 Å². The van der Waals surface area contributed by atoms with Crippen molar-refractivity contribution in [2.45, 2.75) is 6.92 Å². The molecule has 22 heavy (non-hydrogen) atoms. The normalized spacial score (nSPS) is 10.5. The number of carbonyl (C=O) groups excluding carboxylic acids is 1. The average molecular weight is 404 g/mol. The highest BCUT2D eigenvalue weighted by atomic mass is 127. The maximum Gasteiger partial charge on any atom is 0.255 e. The molecule has 0 unspecified atom stereocenters. The summed E-state index contributed by atoms with van der Waals surface area (Å²) in [7, 11) is 0. The summed E-state index contributed by atoms with van der Waals surface area (Å²) < 4.78 is 2.85. The average Bonchev–Trinajstić information content (AvgIpc) is 3.04. The van der Waals surface area contributed by atoms with Crippen LogP contribution < -0.4 is 5.32 Å². The molecule has 1 heterocycles. The van der Waals surface area contributed by atoms with Crippen LogP contribution in [0, 0.1) is 10.5 Å². The van der Waals surface area contributed by atoms with Crippen molar-refractivity contribution in [3.8, 4) is 5.69 Å². The molecule has 1 N–H and O–H groups in total. The standard InChI is InChI=1S/C16H13IN4O/c1-11-5-6-12(7-15(11)17)16(22)20-13-3-2-4-14(8-13)21-9-18-19-10-21/h2-10H,1H3,(H,20,22). The molecule has 0 atom stereocenters. The Morgan fingerprint density at radius 2 is 1.91 bits per heavy atom. The molecule has 6 heteroatoms. The van der Waals surface area contributed by atoms with E-state index in [1.807, 2.05) is 49.4 Å². The van der Waals surface area contributed by atoms with Crippen LogP contribution in [0.25, 0.3) is 5.69 Å². The van der Waals surface area contributed by atoms with Crippen molar-refractivity contribution in [1.29, 1.82) is 0 Å². The molecule has 0 radical (unpaired) electrons. The quantitative estimate of drug-likeness (QED) is 0.681. The molecule has 0 saturated carbocycles. The summed E-state index contributed by atoms with van der Waals surface area (Å²) in [6.07, 6.45) is 3.23. The predicted octanol–water partition coefficient (Wildman–Crippen LogP) is 3.43. The molecule has 0 bridgehead atoms. The third-order valence-electron chi connectivity index (χ3n) is 3.25. The fraction of sp³-hybridized carbons (Fsp3) is 0.0625. The minimum absolute atomic E-state index is 0.126. The van der Waals surface area contributed by atoms with Gasteiger partial charge in [0.2, 0.25) is 0 Å². The second kappa shape index (κ2) is 6.27. The Hall–Kier alpha value is -2.22. The molecular formula is C16H13IN4O. The van der Waals surface area contributed by atoms with Crippen LogP contribution in [0.5, 0.6) is 0 Å². The zero-order chi connectivity index (χ0) is 15.5. The van der Waals surface area contributed by atoms with Gasteiger partial charge in [0.05, 0.1) is 5.69 Å². The van der Waals surface area contributed by atoms with E-state index >= 15 is 0 Å². The Morgan fingerprint density at radius 3 is 2.64 bits per heavy atom. The molecule has 0 spiro atoms. The van der Waals surface area contributed by atoms with Crippen molar-refractivity contribution in [3.63, 3.8) is 0 Å². The Bertz CT molecular complexity index is 815. The molecule has 5 nitrogen and oxygen atoms in total. The van der Waals surface area contributed by atoms with E-state index in [0.717, 1.165) is 20.5 Å². The first-order chi connectivity index (χ1) is 10.6. The van der Waals surface area contributed by atoms with Crippen LogP contribution in [0.15, 0.2) is 55.1 Å². The summed E-state index contributed by atoms with van der Waals surface area (Å²) >= 11 is 2.23. The van der Waals surface area contributed by atoms with Gasteiger partial charge in [-0.15, -0.1) is 10.2 Å². The number of aryl methyl sites for hydroxylation is 1. The number of nitrogens with zero attached hydrogens (tertiary/aromatic N) is 3. The highest BCUT2D eigenvalue weighted by molar-refractivity contribution is 14.1. The smallest absolute Gasteiger partial charge is 0.255 e. The number of hydrogen-bond acceptors (Lipinski definition) is 3. The van der Waals surface area contributed by atoms with Gasteiger partial charge in [-0.05, 0) is 65.4 Å². The maximum absolute atomic E-state index is 12.3. The van der Waals surface area contributed by atoms with Crippen LogP contribution in [0.4, 0.5) is 5.69 Å². The highest BCUT2D eigenvalue weighted by Crippen LogP contribution is 2.17. The number of benzene rings is 2. The third kappa shape index (κ3) is 3.16. The first-order valence-corrected chi connectivity index (χ1v) is 7.74. The fourth-order valence-electron chi connectivity index (χ4n) is 2.02. The second-order valence-electron chi connectivity index (χ2n) is 4.84. The minimum Gasteiger partial charge on any atom is -0.322 e. The molecule has 0 aliphatic carbocycles. The lowest BCUT2D eigenvalue weighted by molar-refractivity contribution is 0.102. The maximum atomic E-state index is 12.3. The molecule has 3 aromatic rings.